The molecule has 6 heteroatoms. The Morgan fingerprint density at radius 2 is 1.69 bits per heavy atom. The number of hydrogen-bond acceptors (Lipinski definition) is 4. The second-order valence-corrected chi connectivity index (χ2v) is 7.01. The summed E-state index contributed by atoms with van der Waals surface area (Å²) >= 11 is 5.47. The fourth-order valence-corrected chi connectivity index (χ4v) is 3.60. The Hall–Kier alpha value is -2.31. The maximum Gasteiger partial charge on any atom is 0.171 e. The maximum absolute atomic E-state index is 10.5. The van der Waals surface area contributed by atoms with Crippen molar-refractivity contribution in [3.8, 4) is 0 Å². The van der Waals surface area contributed by atoms with E-state index in [1.165, 1.54) is 18.4 Å². The molecule has 0 amide bonds. The first-order valence-electron chi connectivity index (χ1n) is 9.03. The second-order valence-electron chi connectivity index (χ2n) is 6.60. The van der Waals surface area contributed by atoms with E-state index in [0.717, 1.165) is 25.1 Å². The average Bonchev–Trinajstić information content (AvgIpc) is 2.68. The molecule has 0 bridgehead atoms. The summed E-state index contributed by atoms with van der Waals surface area (Å²) in [4.78, 5) is 10.5. The van der Waals surface area contributed by atoms with E-state index in [-0.39, 0.29) is 0 Å². The molecule has 0 aromatic heterocycles. The Morgan fingerprint density at radius 1 is 1.00 bits per heavy atom. The van der Waals surface area contributed by atoms with Crippen LogP contribution >= 0.6 is 12.2 Å². The molecular weight excluding hydrogens is 344 g/mol. The first kappa shape index (κ1) is 18.5. The molecule has 2 aromatic carbocycles. The number of benzene rings is 2. The highest BCUT2D eigenvalue weighted by atomic mass is 32.1. The molecule has 2 atom stereocenters. The lowest BCUT2D eigenvalue weighted by molar-refractivity contribution is 0.308. The van der Waals surface area contributed by atoms with Crippen molar-refractivity contribution in [1.29, 1.82) is 0 Å². The van der Waals surface area contributed by atoms with Gasteiger partial charge in [0, 0.05) is 24.3 Å². The number of anilines is 1. The summed E-state index contributed by atoms with van der Waals surface area (Å²) in [5.41, 5.74) is 2.55. The van der Waals surface area contributed by atoms with Gasteiger partial charge in [0.2, 0.25) is 0 Å². The molecular formula is C20H24N4OS. The van der Waals surface area contributed by atoms with E-state index in [2.05, 4.69) is 45.4 Å². The third kappa shape index (κ3) is 5.34. The van der Waals surface area contributed by atoms with Crippen LogP contribution in [0.15, 0.2) is 59.8 Å². The Labute approximate surface area is 159 Å². The molecule has 0 spiro atoms. The molecule has 1 fully saturated rings. The predicted molar refractivity (Wildman–Crippen MR) is 111 cm³/mol. The van der Waals surface area contributed by atoms with Gasteiger partial charge in [-0.15, -0.1) is 4.91 Å². The lowest BCUT2D eigenvalue weighted by atomic mass is 9.90. The van der Waals surface area contributed by atoms with Crippen molar-refractivity contribution in [2.45, 2.75) is 44.3 Å². The van der Waals surface area contributed by atoms with Crippen molar-refractivity contribution in [3.63, 3.8) is 0 Å². The molecule has 0 aliphatic heterocycles. The van der Waals surface area contributed by atoms with Gasteiger partial charge in [0.1, 0.15) is 5.69 Å². The number of nitrogens with zero attached hydrogens (tertiary/aromatic N) is 1. The summed E-state index contributed by atoms with van der Waals surface area (Å²) < 4.78 is 0. The Kier molecular flexibility index (Phi) is 6.68. The third-order valence-corrected chi connectivity index (χ3v) is 4.94. The monoisotopic (exact) mass is 368 g/mol. The Morgan fingerprint density at radius 3 is 2.38 bits per heavy atom. The fourth-order valence-electron chi connectivity index (χ4n) is 3.33. The van der Waals surface area contributed by atoms with E-state index in [0.29, 0.717) is 22.9 Å². The van der Waals surface area contributed by atoms with Gasteiger partial charge in [0.05, 0.1) is 0 Å². The van der Waals surface area contributed by atoms with Gasteiger partial charge in [-0.3, -0.25) is 0 Å². The van der Waals surface area contributed by atoms with E-state index in [1.54, 1.807) is 24.3 Å². The molecule has 26 heavy (non-hydrogen) atoms. The minimum absolute atomic E-state index is 0.309. The van der Waals surface area contributed by atoms with Crippen LogP contribution in [0.5, 0.6) is 0 Å². The largest absolute Gasteiger partial charge is 0.358 e. The van der Waals surface area contributed by atoms with E-state index < -0.39 is 0 Å². The van der Waals surface area contributed by atoms with Crippen LogP contribution in [0.25, 0.3) is 0 Å². The molecule has 1 saturated carbocycles. The molecule has 3 rings (SSSR count). The lowest BCUT2D eigenvalue weighted by Crippen LogP contribution is -2.52. The summed E-state index contributed by atoms with van der Waals surface area (Å²) in [6, 6.07) is 18.1. The highest BCUT2D eigenvalue weighted by Crippen LogP contribution is 2.20. The highest BCUT2D eigenvalue weighted by Gasteiger charge is 2.25. The van der Waals surface area contributed by atoms with Crippen LogP contribution in [0.1, 0.15) is 31.2 Å². The lowest BCUT2D eigenvalue weighted by Gasteiger charge is -2.34. The first-order chi connectivity index (χ1) is 12.7. The van der Waals surface area contributed by atoms with E-state index >= 15 is 0 Å². The normalized spacial score (nSPS) is 19.5. The molecule has 3 N–H and O–H groups in total. The third-order valence-electron chi connectivity index (χ3n) is 4.72. The Balaban J connectivity index is 1.53. The van der Waals surface area contributed by atoms with Crippen molar-refractivity contribution in [2.24, 2.45) is 5.18 Å². The van der Waals surface area contributed by atoms with Crippen LogP contribution in [0.4, 0.5) is 11.4 Å². The van der Waals surface area contributed by atoms with Crippen LogP contribution in [-0.4, -0.2) is 17.2 Å². The van der Waals surface area contributed by atoms with Gasteiger partial charge >= 0.3 is 0 Å². The zero-order valence-corrected chi connectivity index (χ0v) is 15.5. The fraction of sp³-hybridized carbons (Fsp3) is 0.350. The Bertz CT molecular complexity index is 720. The van der Waals surface area contributed by atoms with Crippen molar-refractivity contribution >= 4 is 28.7 Å². The summed E-state index contributed by atoms with van der Waals surface area (Å²) in [6.07, 6.45) is 4.70. The summed E-state index contributed by atoms with van der Waals surface area (Å²) in [6.45, 7) is 0.865. The number of thiocarbonyl (C=S) groups is 1. The van der Waals surface area contributed by atoms with Gasteiger partial charge in [-0.25, -0.2) is 0 Å². The van der Waals surface area contributed by atoms with Gasteiger partial charge < -0.3 is 16.0 Å². The van der Waals surface area contributed by atoms with Crippen molar-refractivity contribution in [1.82, 2.24) is 10.6 Å². The van der Waals surface area contributed by atoms with Crippen molar-refractivity contribution < 1.29 is 0 Å². The summed E-state index contributed by atoms with van der Waals surface area (Å²) in [5, 5.41) is 13.8. The number of nitrogens with one attached hydrogen (secondary N) is 3. The first-order valence-corrected chi connectivity index (χ1v) is 9.43. The minimum Gasteiger partial charge on any atom is -0.358 e. The molecule has 0 heterocycles. The standard InChI is InChI=1S/C20H24N4OS/c25-24-17-12-10-16(11-13-17)22-20(26)23-19-9-5-4-8-18(19)21-14-15-6-2-1-3-7-15/h1-3,6-7,10-13,18-19,21H,4-5,8-9,14H2,(H2,22,23,26)/t18-,19-/m1/s1. The van der Waals surface area contributed by atoms with Crippen LogP contribution in [0.2, 0.25) is 0 Å². The molecule has 0 unspecified atom stereocenters. The molecule has 136 valence electrons. The van der Waals surface area contributed by atoms with Crippen LogP contribution in [-0.2, 0) is 6.54 Å². The van der Waals surface area contributed by atoms with Crippen LogP contribution in [0.3, 0.4) is 0 Å². The van der Waals surface area contributed by atoms with E-state index in [9.17, 15) is 4.91 Å². The van der Waals surface area contributed by atoms with E-state index in [4.69, 9.17) is 12.2 Å². The zero-order chi connectivity index (χ0) is 18.2. The van der Waals surface area contributed by atoms with Crippen LogP contribution < -0.4 is 16.0 Å². The zero-order valence-electron chi connectivity index (χ0n) is 14.7. The molecule has 0 saturated heterocycles. The van der Waals surface area contributed by atoms with Gasteiger partial charge in [-0.1, -0.05) is 43.2 Å². The molecule has 1 aliphatic carbocycles. The molecule has 0 radical (unpaired) electrons. The average molecular weight is 369 g/mol. The van der Waals surface area contributed by atoms with Gasteiger partial charge in [0.25, 0.3) is 0 Å². The quantitative estimate of drug-likeness (QED) is 0.518. The number of hydrogen-bond donors (Lipinski definition) is 3. The molecule has 1 aliphatic rings. The van der Waals surface area contributed by atoms with Crippen molar-refractivity contribution in [3.05, 3.63) is 65.1 Å². The smallest absolute Gasteiger partial charge is 0.171 e. The number of nitroso groups, excluding NO2 is 1. The highest BCUT2D eigenvalue weighted by molar-refractivity contribution is 7.80. The minimum atomic E-state index is 0.309. The SMILES string of the molecule is O=Nc1ccc(NC(=S)N[C@@H]2CCCC[C@H]2NCc2ccccc2)cc1. The van der Waals surface area contributed by atoms with Gasteiger partial charge in [-0.05, 0) is 60.1 Å². The van der Waals surface area contributed by atoms with Crippen LogP contribution in [0, 0.1) is 4.91 Å². The molecule has 2 aromatic rings. The number of rotatable bonds is 6. The van der Waals surface area contributed by atoms with E-state index in [1.807, 2.05) is 6.07 Å². The van der Waals surface area contributed by atoms with Gasteiger partial charge in [-0.2, -0.15) is 0 Å². The van der Waals surface area contributed by atoms with Crippen molar-refractivity contribution in [2.75, 3.05) is 5.32 Å². The van der Waals surface area contributed by atoms with Gasteiger partial charge in [0.15, 0.2) is 5.11 Å². The summed E-state index contributed by atoms with van der Waals surface area (Å²) in [7, 11) is 0. The second kappa shape index (κ2) is 9.40. The topological polar surface area (TPSA) is 65.5 Å². The summed E-state index contributed by atoms with van der Waals surface area (Å²) in [5.74, 6) is 0. The predicted octanol–water partition coefficient (Wildman–Crippen LogP) is 4.47. The maximum atomic E-state index is 10.5. The molecule has 5 nitrogen and oxygen atoms in total.